The summed E-state index contributed by atoms with van der Waals surface area (Å²) in [5.74, 6) is -0.915. The average Bonchev–Trinajstić information content (AvgIpc) is 3.54. The molecule has 3 aromatic rings. The molecule has 0 atom stereocenters. The topological polar surface area (TPSA) is 136 Å². The van der Waals surface area contributed by atoms with E-state index in [0.717, 1.165) is 76.9 Å². The molecule has 3 aliphatic heterocycles. The summed E-state index contributed by atoms with van der Waals surface area (Å²) in [6.45, 7) is 8.15. The molecule has 0 saturated carbocycles. The zero-order valence-corrected chi connectivity index (χ0v) is 33.3. The third kappa shape index (κ3) is 13.8. The molecular formula is C25H39Br2ClN6NaO4S3-. The maximum atomic E-state index is 10.6. The van der Waals surface area contributed by atoms with Crippen LogP contribution in [0.2, 0.25) is 0 Å². The van der Waals surface area contributed by atoms with E-state index in [0.29, 0.717) is 0 Å². The van der Waals surface area contributed by atoms with Gasteiger partial charge in [0.25, 0.3) is 0 Å². The number of carboxylic acid groups (broad SMARTS) is 1. The van der Waals surface area contributed by atoms with Crippen LogP contribution < -0.4 is 29.6 Å². The van der Waals surface area contributed by atoms with E-state index in [1.165, 1.54) is 32.5 Å². The molecule has 10 nitrogen and oxygen atoms in total. The zero-order chi connectivity index (χ0) is 27.8. The molecule has 0 aliphatic carbocycles. The van der Waals surface area contributed by atoms with E-state index in [2.05, 4.69) is 75.6 Å². The number of hydrogen-bond acceptors (Lipinski definition) is 12. The van der Waals surface area contributed by atoms with Gasteiger partial charge in [0.2, 0.25) is 5.01 Å². The van der Waals surface area contributed by atoms with Gasteiger partial charge in [0.15, 0.2) is 7.83 Å². The predicted molar refractivity (Wildman–Crippen MR) is 177 cm³/mol. The summed E-state index contributed by atoms with van der Waals surface area (Å²) < 4.78 is 2.05. The number of aromatic nitrogens is 3. The molecule has 3 N–H and O–H groups in total. The van der Waals surface area contributed by atoms with Gasteiger partial charge in [0.1, 0.15) is 0 Å². The number of carboxylic acids is 1. The monoisotopic (exact) mass is 799 g/mol. The van der Waals surface area contributed by atoms with E-state index in [1.807, 2.05) is 7.05 Å². The van der Waals surface area contributed by atoms with Crippen molar-refractivity contribution in [3.63, 3.8) is 0 Å². The van der Waals surface area contributed by atoms with Gasteiger partial charge < -0.3 is 37.8 Å². The molecular weight excluding hydrogens is 763 g/mol. The second-order valence-corrected chi connectivity index (χ2v) is 14.9. The van der Waals surface area contributed by atoms with Crippen molar-refractivity contribution in [2.45, 2.75) is 45.8 Å². The molecule has 6 rings (SSSR count). The number of likely N-dealkylation sites (N-methyl/N-ethyl adjacent to an activating group) is 3. The van der Waals surface area contributed by atoms with E-state index in [4.69, 9.17) is 10.2 Å². The number of rotatable bonds is 1. The fraction of sp³-hybridized carbons (Fsp3) is 0.560. The van der Waals surface area contributed by atoms with Gasteiger partial charge in [-0.05, 0) is 59.9 Å². The van der Waals surface area contributed by atoms with E-state index >= 15 is 0 Å². The first-order chi connectivity index (χ1) is 18.1. The van der Waals surface area contributed by atoms with Crippen LogP contribution in [0.3, 0.4) is 0 Å². The molecule has 234 valence electrons. The zero-order valence-electron chi connectivity index (χ0n) is 24.9. The average molecular weight is 802 g/mol. The van der Waals surface area contributed by atoms with Crippen LogP contribution in [0.15, 0.2) is 7.83 Å². The quantitative estimate of drug-likeness (QED) is 0.279. The van der Waals surface area contributed by atoms with E-state index in [1.54, 1.807) is 29.6 Å². The number of thiazole rings is 3. The van der Waals surface area contributed by atoms with Gasteiger partial charge in [-0.1, -0.05) is 0 Å². The van der Waals surface area contributed by atoms with Gasteiger partial charge in [-0.2, -0.15) is 0 Å². The van der Waals surface area contributed by atoms with Gasteiger partial charge >= 0.3 is 35.5 Å². The van der Waals surface area contributed by atoms with Crippen LogP contribution in [0.25, 0.3) is 0 Å². The molecule has 0 amide bonds. The van der Waals surface area contributed by atoms with Gasteiger partial charge in [0.05, 0.1) is 17.1 Å². The molecule has 0 unspecified atom stereocenters. The Hall–Kier alpha value is 0.410. The molecule has 0 spiro atoms. The SMILES string of the molecule is CCO.CN1CCc2nc(Br)sc2C1.CN1CCc2nc(Br)sc2C1.CN1CCc2nc(C(=O)O)sc2C1.Cl.[CH3-].[Na+].[OH-]. The summed E-state index contributed by atoms with van der Waals surface area (Å²) in [6, 6.07) is 0. The number of carbonyl (C=O) groups is 1. The molecule has 0 saturated heterocycles. The molecule has 42 heavy (non-hydrogen) atoms. The van der Waals surface area contributed by atoms with Crippen molar-refractivity contribution in [3.8, 4) is 0 Å². The minimum atomic E-state index is -0.915. The number of halogens is 3. The summed E-state index contributed by atoms with van der Waals surface area (Å²) in [5.41, 5.74) is 3.56. The maximum absolute atomic E-state index is 10.6. The summed E-state index contributed by atoms with van der Waals surface area (Å²) in [5, 5.41) is 16.5. The van der Waals surface area contributed by atoms with Crippen molar-refractivity contribution in [2.24, 2.45) is 0 Å². The minimum Gasteiger partial charge on any atom is -0.870 e. The fourth-order valence-corrected chi connectivity index (χ4v) is 8.44. The number of aliphatic hydroxyl groups is 1. The van der Waals surface area contributed by atoms with Gasteiger partial charge in [0, 0.05) is 79.8 Å². The minimum absolute atomic E-state index is 0. The Morgan fingerprint density at radius 1 is 0.786 bits per heavy atom. The Morgan fingerprint density at radius 3 is 1.43 bits per heavy atom. The second kappa shape index (κ2) is 22.0. The van der Waals surface area contributed by atoms with Crippen molar-refractivity contribution >= 4 is 84.2 Å². The number of aliphatic hydroxyl groups excluding tert-OH is 1. The molecule has 0 radical (unpaired) electrons. The van der Waals surface area contributed by atoms with Crippen LogP contribution >= 0.6 is 78.3 Å². The van der Waals surface area contributed by atoms with Crippen LogP contribution in [0.1, 0.15) is 48.4 Å². The van der Waals surface area contributed by atoms with Crippen LogP contribution in [0.5, 0.6) is 0 Å². The third-order valence-electron chi connectivity index (χ3n) is 5.90. The maximum Gasteiger partial charge on any atom is 1.00 e. The molecule has 3 aromatic heterocycles. The van der Waals surface area contributed by atoms with Crippen molar-refractivity contribution < 1.29 is 50.0 Å². The molecule has 0 aromatic carbocycles. The summed E-state index contributed by atoms with van der Waals surface area (Å²) >= 11 is 11.6. The number of aromatic carboxylic acids is 1. The first-order valence-corrected chi connectivity index (χ1v) is 16.3. The van der Waals surface area contributed by atoms with Gasteiger partial charge in [-0.25, -0.2) is 19.7 Å². The Bertz CT molecular complexity index is 1160. The summed E-state index contributed by atoms with van der Waals surface area (Å²) in [7, 11) is 6.33. The van der Waals surface area contributed by atoms with Crippen LogP contribution in [-0.4, -0.2) is 98.7 Å². The Balaban J connectivity index is 0. The molecule has 0 fully saturated rings. The second-order valence-electron chi connectivity index (χ2n) is 9.15. The fourth-order valence-electron chi connectivity index (χ4n) is 4.00. The third-order valence-corrected chi connectivity index (χ3v) is 10.0. The van der Waals surface area contributed by atoms with Crippen LogP contribution in [-0.2, 0) is 38.9 Å². The number of hydrogen-bond donors (Lipinski definition) is 2. The molecule has 3 aliphatic rings. The first kappa shape index (κ1) is 44.5. The first-order valence-electron chi connectivity index (χ1n) is 12.3. The van der Waals surface area contributed by atoms with Crippen molar-refractivity contribution in [1.82, 2.24) is 29.7 Å². The summed E-state index contributed by atoms with van der Waals surface area (Å²) in [4.78, 5) is 34.3. The van der Waals surface area contributed by atoms with E-state index in [9.17, 15) is 4.79 Å². The summed E-state index contributed by atoms with van der Waals surface area (Å²) in [6.07, 6.45) is 3.08. The molecule has 6 heterocycles. The Labute approximate surface area is 306 Å². The van der Waals surface area contributed by atoms with E-state index < -0.39 is 5.97 Å². The standard InChI is InChI=1S/C8H10N2O2S.2C7H9BrN2S.C2H6O.CH3.ClH.Na.H2O/c1-10-3-2-5-6(4-10)13-7(9-5)8(11)12;2*1-10-3-2-5-6(4-10)11-7(8)9-5;1-2-3;;;;/h2-4H2,1H3,(H,11,12);2*2-4H2,1H3;3H,2H2,1H3;1H3;1H;;1H2/q;;;;-1;;+1;/p-1. The van der Waals surface area contributed by atoms with Crippen LogP contribution in [0.4, 0.5) is 0 Å². The van der Waals surface area contributed by atoms with Gasteiger partial charge in [-0.15, -0.1) is 46.4 Å². The van der Waals surface area contributed by atoms with Crippen molar-refractivity contribution in [1.29, 1.82) is 0 Å². The Kier molecular flexibility index (Phi) is 23.4. The molecule has 17 heteroatoms. The molecule has 0 bridgehead atoms. The number of nitrogens with zero attached hydrogens (tertiary/aromatic N) is 6. The normalized spacial score (nSPS) is 15.3. The van der Waals surface area contributed by atoms with E-state index in [-0.39, 0.29) is 66.5 Å². The smallest absolute Gasteiger partial charge is 0.870 e. The van der Waals surface area contributed by atoms with Gasteiger partial charge in [-0.3, -0.25) is 0 Å². The number of fused-ring (bicyclic) bond motifs is 3. The van der Waals surface area contributed by atoms with Crippen molar-refractivity contribution in [2.75, 3.05) is 47.4 Å². The largest absolute Gasteiger partial charge is 1.00 e. The van der Waals surface area contributed by atoms with Crippen LogP contribution in [0, 0.1) is 7.43 Å². The van der Waals surface area contributed by atoms with Crippen molar-refractivity contribution in [3.05, 3.63) is 52.0 Å². The Morgan fingerprint density at radius 2 is 1.10 bits per heavy atom. The predicted octanol–water partition coefficient (Wildman–Crippen LogP) is 2.31.